The van der Waals surface area contributed by atoms with Crippen LogP contribution < -0.4 is 5.32 Å². The molecule has 7 atom stereocenters. The fourth-order valence-electron chi connectivity index (χ4n) is 8.23. The molecule has 174 valence electrons. The summed E-state index contributed by atoms with van der Waals surface area (Å²) in [7, 11) is 1.97. The van der Waals surface area contributed by atoms with E-state index in [4.69, 9.17) is 5.26 Å². The van der Waals surface area contributed by atoms with Gasteiger partial charge < -0.3 is 10.2 Å². The third-order valence-corrected chi connectivity index (χ3v) is 10.1. The maximum atomic E-state index is 12.8. The lowest BCUT2D eigenvalue weighted by molar-refractivity contribution is -0.138. The molecule has 3 fully saturated rings. The summed E-state index contributed by atoms with van der Waals surface area (Å²) in [6.45, 7) is 5.56. The molecule has 1 heterocycles. The molecule has 2 amide bonds. The summed E-state index contributed by atoms with van der Waals surface area (Å²) in [5.41, 5.74) is 1.41. The van der Waals surface area contributed by atoms with Crippen molar-refractivity contribution in [1.82, 2.24) is 10.2 Å². The van der Waals surface area contributed by atoms with Crippen molar-refractivity contribution in [3.8, 4) is 6.07 Å². The van der Waals surface area contributed by atoms with Crippen LogP contribution in [0.15, 0.2) is 36.4 Å². The van der Waals surface area contributed by atoms with Gasteiger partial charge in [0.25, 0.3) is 5.91 Å². The summed E-state index contributed by atoms with van der Waals surface area (Å²) >= 11 is 0. The van der Waals surface area contributed by atoms with Gasteiger partial charge in [-0.1, -0.05) is 26.0 Å². The molecule has 3 aliphatic carbocycles. The Kier molecular flexibility index (Phi) is 5.39. The molecule has 33 heavy (non-hydrogen) atoms. The number of nitrogens with one attached hydrogen (secondary N) is 1. The summed E-state index contributed by atoms with van der Waals surface area (Å²) in [6.07, 6.45) is 11.1. The first kappa shape index (κ1) is 22.2. The Balaban J connectivity index is 1.30. The Morgan fingerprint density at radius 2 is 2.00 bits per heavy atom. The van der Waals surface area contributed by atoms with Crippen molar-refractivity contribution in [2.75, 3.05) is 13.6 Å². The third kappa shape index (κ3) is 3.41. The predicted molar refractivity (Wildman–Crippen MR) is 127 cm³/mol. The highest BCUT2D eigenvalue weighted by atomic mass is 16.2. The molecule has 1 aromatic carbocycles. The molecule has 0 spiro atoms. The van der Waals surface area contributed by atoms with Gasteiger partial charge in [0, 0.05) is 30.6 Å². The second-order valence-corrected chi connectivity index (χ2v) is 11.3. The van der Waals surface area contributed by atoms with Crippen LogP contribution in [-0.2, 0) is 4.79 Å². The van der Waals surface area contributed by atoms with Crippen LogP contribution in [0, 0.1) is 45.8 Å². The minimum Gasteiger partial charge on any atom is -0.352 e. The topological polar surface area (TPSA) is 73.2 Å². The number of hydrogen-bond acceptors (Lipinski definition) is 3. The van der Waals surface area contributed by atoms with Crippen LogP contribution in [0.25, 0.3) is 0 Å². The van der Waals surface area contributed by atoms with E-state index in [2.05, 4.69) is 31.3 Å². The number of hydrogen-bond donors (Lipinski definition) is 1. The van der Waals surface area contributed by atoms with Gasteiger partial charge in [-0.2, -0.15) is 5.26 Å². The number of carbonyl (C=O) groups is 2. The fraction of sp³-hybridized carbons (Fsp3) is 0.607. The highest BCUT2D eigenvalue weighted by Gasteiger charge is 2.60. The van der Waals surface area contributed by atoms with Crippen molar-refractivity contribution < 1.29 is 9.59 Å². The van der Waals surface area contributed by atoms with E-state index < -0.39 is 0 Å². The Labute approximate surface area is 197 Å². The zero-order valence-electron chi connectivity index (χ0n) is 20.0. The molecule has 0 unspecified atom stereocenters. The van der Waals surface area contributed by atoms with Crippen LogP contribution in [0.1, 0.15) is 68.3 Å². The lowest BCUT2D eigenvalue weighted by Crippen LogP contribution is -2.59. The number of nitriles is 1. The SMILES string of the molecule is CN1C(=O)C=C[C@]2(C)[C@H]3CC[C@]4(C)[C@@H](CNC(=O)c5cccc(C#N)c5)CC[C@H]4[C@@H]3CC[C@@H]12. The van der Waals surface area contributed by atoms with Crippen molar-refractivity contribution in [2.24, 2.45) is 34.5 Å². The zero-order chi connectivity index (χ0) is 23.4. The van der Waals surface area contributed by atoms with Crippen molar-refractivity contribution in [3.63, 3.8) is 0 Å². The normalized spacial score (nSPS) is 39.3. The van der Waals surface area contributed by atoms with Crippen LogP contribution in [-0.4, -0.2) is 36.3 Å². The van der Waals surface area contributed by atoms with Gasteiger partial charge in [-0.05, 0) is 91.9 Å². The van der Waals surface area contributed by atoms with Gasteiger partial charge in [0.05, 0.1) is 11.6 Å². The van der Waals surface area contributed by atoms with Gasteiger partial charge >= 0.3 is 0 Å². The van der Waals surface area contributed by atoms with Crippen molar-refractivity contribution in [2.45, 2.75) is 58.4 Å². The molecule has 0 aromatic heterocycles. The van der Waals surface area contributed by atoms with Crippen LogP contribution in [0.3, 0.4) is 0 Å². The summed E-state index contributed by atoms with van der Waals surface area (Å²) in [4.78, 5) is 27.0. The Morgan fingerprint density at radius 3 is 2.79 bits per heavy atom. The van der Waals surface area contributed by atoms with E-state index >= 15 is 0 Å². The van der Waals surface area contributed by atoms with Gasteiger partial charge in [0.2, 0.25) is 5.91 Å². The molecule has 1 N–H and O–H groups in total. The molecule has 5 heteroatoms. The highest BCUT2D eigenvalue weighted by Crippen LogP contribution is 2.65. The summed E-state index contributed by atoms with van der Waals surface area (Å²) in [6, 6.07) is 9.36. The van der Waals surface area contributed by atoms with Crippen LogP contribution in [0.4, 0.5) is 0 Å². The molecule has 1 aliphatic heterocycles. The van der Waals surface area contributed by atoms with E-state index in [1.54, 1.807) is 30.3 Å². The molecular weight excluding hydrogens is 410 g/mol. The van der Waals surface area contributed by atoms with Crippen molar-refractivity contribution in [3.05, 3.63) is 47.5 Å². The summed E-state index contributed by atoms with van der Waals surface area (Å²) < 4.78 is 0. The standard InChI is InChI=1S/C28H35N3O2/c1-27-13-11-23-21(8-10-24-28(23,2)14-12-25(32)31(24)3)22(27)9-7-20(27)17-30-26(33)19-6-4-5-18(15-19)16-29/h4-6,12,14-15,20-24H,7-11,13,17H2,1-3H3,(H,30,33)/t20-,21+,22+,23+,24-,27-,28-/m1/s1. The predicted octanol–water partition coefficient (Wildman–Crippen LogP) is 4.54. The van der Waals surface area contributed by atoms with Crippen LogP contribution >= 0.6 is 0 Å². The maximum absolute atomic E-state index is 12.8. The number of nitrogens with zero attached hydrogens (tertiary/aromatic N) is 2. The first-order valence-electron chi connectivity index (χ1n) is 12.5. The van der Waals surface area contributed by atoms with E-state index in [1.165, 1.54) is 25.7 Å². The Bertz CT molecular complexity index is 1040. The van der Waals surface area contributed by atoms with Crippen LogP contribution in [0.2, 0.25) is 0 Å². The maximum Gasteiger partial charge on any atom is 0.251 e. The fourth-order valence-corrected chi connectivity index (χ4v) is 8.23. The number of benzene rings is 1. The first-order valence-corrected chi connectivity index (χ1v) is 12.5. The lowest BCUT2D eigenvalue weighted by atomic mass is 9.47. The minimum absolute atomic E-state index is 0.0744. The summed E-state index contributed by atoms with van der Waals surface area (Å²) in [5, 5.41) is 12.3. The Morgan fingerprint density at radius 1 is 1.18 bits per heavy atom. The Hall–Kier alpha value is -2.61. The molecule has 1 aromatic rings. The molecular formula is C28H35N3O2. The third-order valence-electron chi connectivity index (χ3n) is 10.1. The molecule has 5 nitrogen and oxygen atoms in total. The van der Waals surface area contributed by atoms with Gasteiger partial charge in [-0.25, -0.2) is 0 Å². The molecule has 0 radical (unpaired) electrons. The number of amides is 2. The molecule has 5 rings (SSSR count). The van der Waals surface area contributed by atoms with E-state index in [9.17, 15) is 9.59 Å². The summed E-state index contributed by atoms with van der Waals surface area (Å²) in [5.74, 6) is 2.57. The highest BCUT2D eigenvalue weighted by molar-refractivity contribution is 5.94. The molecule has 4 aliphatic rings. The quantitative estimate of drug-likeness (QED) is 0.742. The smallest absolute Gasteiger partial charge is 0.251 e. The number of fused-ring (bicyclic) bond motifs is 5. The van der Waals surface area contributed by atoms with E-state index in [1.807, 2.05) is 11.9 Å². The van der Waals surface area contributed by atoms with Crippen LogP contribution in [0.5, 0.6) is 0 Å². The average molecular weight is 446 g/mol. The van der Waals surface area contributed by atoms with Gasteiger partial charge in [0.15, 0.2) is 0 Å². The van der Waals surface area contributed by atoms with Gasteiger partial charge in [-0.3, -0.25) is 9.59 Å². The largest absolute Gasteiger partial charge is 0.352 e. The lowest BCUT2D eigenvalue weighted by Gasteiger charge is -2.60. The number of carbonyl (C=O) groups excluding carboxylic acids is 2. The second kappa shape index (κ2) is 8.01. The number of rotatable bonds is 3. The zero-order valence-corrected chi connectivity index (χ0v) is 20.0. The number of likely N-dealkylation sites (N-methyl/N-ethyl adjacent to an activating group) is 1. The first-order chi connectivity index (χ1) is 15.8. The minimum atomic E-state index is -0.0825. The van der Waals surface area contributed by atoms with Crippen molar-refractivity contribution in [1.29, 1.82) is 5.26 Å². The monoisotopic (exact) mass is 445 g/mol. The van der Waals surface area contributed by atoms with E-state index in [0.717, 1.165) is 12.8 Å². The molecule has 0 bridgehead atoms. The van der Waals surface area contributed by atoms with E-state index in [0.29, 0.717) is 47.4 Å². The molecule has 0 saturated heterocycles. The average Bonchev–Trinajstić information content (AvgIpc) is 3.16. The van der Waals surface area contributed by atoms with Gasteiger partial charge in [0.1, 0.15) is 0 Å². The van der Waals surface area contributed by atoms with Crippen molar-refractivity contribution >= 4 is 11.8 Å². The molecule has 3 saturated carbocycles. The van der Waals surface area contributed by atoms with E-state index in [-0.39, 0.29) is 22.6 Å². The second-order valence-electron chi connectivity index (χ2n) is 11.3. The van der Waals surface area contributed by atoms with Gasteiger partial charge in [-0.15, -0.1) is 0 Å².